The fourth-order valence-corrected chi connectivity index (χ4v) is 2.31. The quantitative estimate of drug-likeness (QED) is 0.913. The van der Waals surface area contributed by atoms with Gasteiger partial charge in [-0.15, -0.1) is 0 Å². The SMILES string of the molecule is COc1ccc(CN2CCOc3ncnc(N)c3C2=O)cc1. The van der Waals surface area contributed by atoms with Crippen LogP contribution in [0.5, 0.6) is 11.6 Å². The molecule has 1 aliphatic rings. The number of fused-ring (bicyclic) bond motifs is 1. The van der Waals surface area contributed by atoms with Crippen molar-refractivity contribution in [3.05, 3.63) is 41.7 Å². The van der Waals surface area contributed by atoms with Crippen molar-refractivity contribution in [3.8, 4) is 11.6 Å². The molecular weight excluding hydrogens is 284 g/mol. The van der Waals surface area contributed by atoms with Crippen molar-refractivity contribution in [2.24, 2.45) is 0 Å². The van der Waals surface area contributed by atoms with Gasteiger partial charge in [0.25, 0.3) is 5.91 Å². The number of rotatable bonds is 3. The molecule has 1 aromatic heterocycles. The highest BCUT2D eigenvalue weighted by Crippen LogP contribution is 2.25. The summed E-state index contributed by atoms with van der Waals surface area (Å²) in [5.41, 5.74) is 7.02. The Balaban J connectivity index is 1.85. The zero-order chi connectivity index (χ0) is 15.5. The van der Waals surface area contributed by atoms with Crippen LogP contribution in [-0.4, -0.2) is 41.0 Å². The number of nitrogens with zero attached hydrogens (tertiary/aromatic N) is 3. The van der Waals surface area contributed by atoms with Gasteiger partial charge in [0, 0.05) is 6.54 Å². The van der Waals surface area contributed by atoms with Gasteiger partial charge in [0.05, 0.1) is 13.7 Å². The van der Waals surface area contributed by atoms with Crippen LogP contribution in [0.2, 0.25) is 0 Å². The van der Waals surface area contributed by atoms with Crippen LogP contribution >= 0.6 is 0 Å². The van der Waals surface area contributed by atoms with E-state index in [2.05, 4.69) is 9.97 Å². The van der Waals surface area contributed by atoms with Crippen LogP contribution in [0.3, 0.4) is 0 Å². The Morgan fingerprint density at radius 1 is 1.32 bits per heavy atom. The lowest BCUT2D eigenvalue weighted by Crippen LogP contribution is -2.32. The molecule has 0 bridgehead atoms. The molecule has 3 rings (SSSR count). The standard InChI is InChI=1S/C15H16N4O3/c1-21-11-4-2-10(3-5-11)8-19-6-7-22-14-12(15(19)20)13(16)17-9-18-14/h2-5,9H,6-8H2,1H3,(H2,16,17,18). The second kappa shape index (κ2) is 5.88. The third-order valence-electron chi connectivity index (χ3n) is 3.48. The lowest BCUT2D eigenvalue weighted by molar-refractivity contribution is 0.0743. The van der Waals surface area contributed by atoms with E-state index < -0.39 is 0 Å². The molecule has 2 N–H and O–H groups in total. The van der Waals surface area contributed by atoms with Gasteiger partial charge in [0.15, 0.2) is 0 Å². The van der Waals surface area contributed by atoms with Crippen molar-refractivity contribution in [3.63, 3.8) is 0 Å². The molecule has 22 heavy (non-hydrogen) atoms. The summed E-state index contributed by atoms with van der Waals surface area (Å²) in [6.45, 7) is 1.28. The zero-order valence-electron chi connectivity index (χ0n) is 12.2. The van der Waals surface area contributed by atoms with E-state index in [4.69, 9.17) is 15.2 Å². The zero-order valence-corrected chi connectivity index (χ0v) is 12.2. The van der Waals surface area contributed by atoms with Gasteiger partial charge in [0.2, 0.25) is 5.88 Å². The minimum Gasteiger partial charge on any atom is -0.497 e. The summed E-state index contributed by atoms with van der Waals surface area (Å²) >= 11 is 0. The van der Waals surface area contributed by atoms with Crippen LogP contribution in [0, 0.1) is 0 Å². The Kier molecular flexibility index (Phi) is 3.78. The summed E-state index contributed by atoms with van der Waals surface area (Å²) in [5, 5.41) is 0. The molecule has 7 nitrogen and oxygen atoms in total. The van der Waals surface area contributed by atoms with Gasteiger partial charge in [-0.05, 0) is 17.7 Å². The van der Waals surface area contributed by atoms with E-state index in [0.29, 0.717) is 19.7 Å². The maximum absolute atomic E-state index is 12.6. The summed E-state index contributed by atoms with van der Waals surface area (Å²) in [4.78, 5) is 22.2. The minimum absolute atomic E-state index is 0.136. The maximum atomic E-state index is 12.6. The van der Waals surface area contributed by atoms with Crippen LogP contribution in [0.25, 0.3) is 0 Å². The maximum Gasteiger partial charge on any atom is 0.263 e. The van der Waals surface area contributed by atoms with Crippen molar-refractivity contribution in [1.82, 2.24) is 14.9 Å². The topological polar surface area (TPSA) is 90.6 Å². The second-order valence-corrected chi connectivity index (χ2v) is 4.86. The monoisotopic (exact) mass is 300 g/mol. The van der Waals surface area contributed by atoms with E-state index in [1.807, 2.05) is 24.3 Å². The van der Waals surface area contributed by atoms with Gasteiger partial charge in [-0.3, -0.25) is 4.79 Å². The molecule has 2 aromatic rings. The number of amides is 1. The van der Waals surface area contributed by atoms with Gasteiger partial charge in [-0.2, -0.15) is 0 Å². The first kappa shape index (κ1) is 14.1. The number of aromatic nitrogens is 2. The molecule has 0 spiro atoms. The third-order valence-corrected chi connectivity index (χ3v) is 3.48. The number of anilines is 1. The summed E-state index contributed by atoms with van der Waals surface area (Å²) in [5.74, 6) is 0.935. The number of benzene rings is 1. The van der Waals surface area contributed by atoms with Crippen LogP contribution in [0.1, 0.15) is 15.9 Å². The van der Waals surface area contributed by atoms with Gasteiger partial charge in [0.1, 0.15) is 30.1 Å². The Morgan fingerprint density at radius 3 is 2.82 bits per heavy atom. The van der Waals surface area contributed by atoms with E-state index in [1.165, 1.54) is 6.33 Å². The number of hydrogen-bond acceptors (Lipinski definition) is 6. The average molecular weight is 300 g/mol. The van der Waals surface area contributed by atoms with E-state index in [-0.39, 0.29) is 23.2 Å². The predicted octanol–water partition coefficient (Wildman–Crippen LogP) is 1.10. The predicted molar refractivity (Wildman–Crippen MR) is 79.7 cm³/mol. The van der Waals surface area contributed by atoms with Crippen molar-refractivity contribution < 1.29 is 14.3 Å². The first-order valence-electron chi connectivity index (χ1n) is 6.84. The number of ether oxygens (including phenoxy) is 2. The van der Waals surface area contributed by atoms with Crippen molar-refractivity contribution >= 4 is 11.7 Å². The average Bonchev–Trinajstić information content (AvgIpc) is 2.69. The number of nitrogens with two attached hydrogens (primary N) is 1. The molecule has 0 aliphatic carbocycles. The first-order chi connectivity index (χ1) is 10.7. The molecule has 0 saturated heterocycles. The van der Waals surface area contributed by atoms with Gasteiger partial charge in [-0.1, -0.05) is 12.1 Å². The van der Waals surface area contributed by atoms with Gasteiger partial charge < -0.3 is 20.1 Å². The van der Waals surface area contributed by atoms with E-state index in [0.717, 1.165) is 11.3 Å². The van der Waals surface area contributed by atoms with Crippen LogP contribution in [0.4, 0.5) is 5.82 Å². The summed E-state index contributed by atoms with van der Waals surface area (Å²) in [6, 6.07) is 7.56. The Morgan fingerprint density at radius 2 is 2.09 bits per heavy atom. The highest BCUT2D eigenvalue weighted by molar-refractivity contribution is 6.00. The molecule has 114 valence electrons. The van der Waals surface area contributed by atoms with Crippen molar-refractivity contribution in [2.45, 2.75) is 6.54 Å². The van der Waals surface area contributed by atoms with Gasteiger partial charge >= 0.3 is 0 Å². The summed E-state index contributed by atoms with van der Waals surface area (Å²) in [7, 11) is 1.62. The molecular formula is C15H16N4O3. The van der Waals surface area contributed by atoms with Crippen molar-refractivity contribution in [1.29, 1.82) is 0 Å². The van der Waals surface area contributed by atoms with E-state index in [9.17, 15) is 4.79 Å². The molecule has 7 heteroatoms. The lowest BCUT2D eigenvalue weighted by Gasteiger charge is -2.20. The van der Waals surface area contributed by atoms with E-state index in [1.54, 1.807) is 12.0 Å². The number of nitrogen functional groups attached to an aromatic ring is 1. The van der Waals surface area contributed by atoms with E-state index >= 15 is 0 Å². The minimum atomic E-state index is -0.221. The molecule has 1 amide bonds. The molecule has 0 radical (unpaired) electrons. The second-order valence-electron chi connectivity index (χ2n) is 4.86. The highest BCUT2D eigenvalue weighted by atomic mass is 16.5. The molecule has 2 heterocycles. The Hall–Kier alpha value is -2.83. The smallest absolute Gasteiger partial charge is 0.263 e. The summed E-state index contributed by atoms with van der Waals surface area (Å²) in [6.07, 6.45) is 1.29. The molecule has 0 saturated carbocycles. The van der Waals surface area contributed by atoms with Crippen molar-refractivity contribution in [2.75, 3.05) is 26.0 Å². The normalized spacial score (nSPS) is 14.0. The van der Waals surface area contributed by atoms with Crippen LogP contribution in [0.15, 0.2) is 30.6 Å². The molecule has 0 atom stereocenters. The molecule has 0 unspecified atom stereocenters. The van der Waals surface area contributed by atoms with Crippen LogP contribution < -0.4 is 15.2 Å². The molecule has 0 fully saturated rings. The lowest BCUT2D eigenvalue weighted by atomic mass is 10.2. The summed E-state index contributed by atoms with van der Waals surface area (Å²) < 4.78 is 10.6. The Labute approximate surface area is 127 Å². The van der Waals surface area contributed by atoms with Gasteiger partial charge in [-0.25, -0.2) is 9.97 Å². The number of hydrogen-bond donors (Lipinski definition) is 1. The number of carbonyl (C=O) groups is 1. The number of carbonyl (C=O) groups excluding carboxylic acids is 1. The highest BCUT2D eigenvalue weighted by Gasteiger charge is 2.27. The molecule has 1 aliphatic heterocycles. The fourth-order valence-electron chi connectivity index (χ4n) is 2.31. The van der Waals surface area contributed by atoms with Crippen LogP contribution in [-0.2, 0) is 6.54 Å². The first-order valence-corrected chi connectivity index (χ1v) is 6.84. The Bertz CT molecular complexity index is 688. The fraction of sp³-hybridized carbons (Fsp3) is 0.267. The third kappa shape index (κ3) is 2.65. The molecule has 1 aromatic carbocycles. The number of methoxy groups -OCH3 is 1. The largest absolute Gasteiger partial charge is 0.497 e.